The summed E-state index contributed by atoms with van der Waals surface area (Å²) in [6.45, 7) is 5.07. The van der Waals surface area contributed by atoms with Gasteiger partial charge in [0.1, 0.15) is 0 Å². The number of nitrogens with one attached hydrogen (secondary N) is 1. The number of hydrogen-bond donors (Lipinski definition) is 2. The molecule has 0 aliphatic heterocycles. The summed E-state index contributed by atoms with van der Waals surface area (Å²) in [4.78, 5) is 10.9. The predicted molar refractivity (Wildman–Crippen MR) is 68.9 cm³/mol. The van der Waals surface area contributed by atoms with E-state index in [2.05, 4.69) is 10.4 Å². The Hall–Kier alpha value is -2.08. The van der Waals surface area contributed by atoms with Gasteiger partial charge >= 0.3 is 5.97 Å². The average Bonchev–Trinajstić information content (AvgIpc) is 2.89. The van der Waals surface area contributed by atoms with Gasteiger partial charge in [-0.1, -0.05) is 0 Å². The van der Waals surface area contributed by atoms with Crippen molar-refractivity contribution in [2.45, 2.75) is 26.9 Å². The molecular formula is C13H17N3O3. The van der Waals surface area contributed by atoms with Gasteiger partial charge in [0.15, 0.2) is 0 Å². The van der Waals surface area contributed by atoms with Crippen molar-refractivity contribution in [3.05, 3.63) is 40.6 Å². The van der Waals surface area contributed by atoms with E-state index in [1.165, 1.54) is 6.26 Å². The van der Waals surface area contributed by atoms with Crippen molar-refractivity contribution in [2.75, 3.05) is 0 Å². The second kappa shape index (κ2) is 5.27. The number of furan rings is 1. The zero-order chi connectivity index (χ0) is 14.0. The number of aromatic carboxylic acids is 1. The van der Waals surface area contributed by atoms with E-state index in [1.807, 2.05) is 25.6 Å². The van der Waals surface area contributed by atoms with Gasteiger partial charge in [-0.25, -0.2) is 4.79 Å². The summed E-state index contributed by atoms with van der Waals surface area (Å²) in [5.41, 5.74) is 3.88. The highest BCUT2D eigenvalue weighted by Crippen LogP contribution is 2.13. The van der Waals surface area contributed by atoms with Crippen molar-refractivity contribution in [3.63, 3.8) is 0 Å². The number of aryl methyl sites for hydroxylation is 2. The molecular weight excluding hydrogens is 246 g/mol. The molecule has 0 atom stereocenters. The van der Waals surface area contributed by atoms with E-state index in [0.717, 1.165) is 17.0 Å². The molecule has 102 valence electrons. The molecule has 0 radical (unpaired) electrons. The summed E-state index contributed by atoms with van der Waals surface area (Å²) < 4.78 is 6.76. The molecule has 6 nitrogen and oxygen atoms in total. The SMILES string of the molecule is Cc1nn(C)c(C)c1CNCc1ccoc1C(=O)O. The lowest BCUT2D eigenvalue weighted by molar-refractivity contribution is 0.0660. The largest absolute Gasteiger partial charge is 0.475 e. The first-order valence-corrected chi connectivity index (χ1v) is 6.00. The van der Waals surface area contributed by atoms with Crippen LogP contribution >= 0.6 is 0 Å². The smallest absolute Gasteiger partial charge is 0.372 e. The van der Waals surface area contributed by atoms with Crippen molar-refractivity contribution in [1.82, 2.24) is 15.1 Å². The Morgan fingerprint density at radius 3 is 2.79 bits per heavy atom. The molecule has 0 fully saturated rings. The van der Waals surface area contributed by atoms with Crippen molar-refractivity contribution in [1.29, 1.82) is 0 Å². The third-order valence-corrected chi connectivity index (χ3v) is 3.22. The lowest BCUT2D eigenvalue weighted by Gasteiger charge is -2.04. The number of aromatic nitrogens is 2. The molecule has 0 saturated carbocycles. The van der Waals surface area contributed by atoms with Crippen LogP contribution in [0.2, 0.25) is 0 Å². The van der Waals surface area contributed by atoms with E-state index in [9.17, 15) is 4.79 Å². The van der Waals surface area contributed by atoms with Gasteiger partial charge in [-0.15, -0.1) is 0 Å². The standard InChI is InChI=1S/C13H17N3O3/c1-8-11(9(2)16(3)15-8)7-14-6-10-4-5-19-12(10)13(17)18/h4-5,14H,6-7H2,1-3H3,(H,17,18). The minimum atomic E-state index is -1.05. The number of rotatable bonds is 5. The van der Waals surface area contributed by atoms with E-state index in [4.69, 9.17) is 9.52 Å². The van der Waals surface area contributed by atoms with Gasteiger partial charge in [0, 0.05) is 37.0 Å². The van der Waals surface area contributed by atoms with Crippen LogP contribution in [0, 0.1) is 13.8 Å². The Morgan fingerprint density at radius 1 is 1.47 bits per heavy atom. The van der Waals surface area contributed by atoms with Gasteiger partial charge in [-0.2, -0.15) is 5.10 Å². The number of nitrogens with zero attached hydrogens (tertiary/aromatic N) is 2. The first kappa shape index (κ1) is 13.4. The number of carboxylic acid groups (broad SMARTS) is 1. The lowest BCUT2D eigenvalue weighted by Crippen LogP contribution is -2.15. The van der Waals surface area contributed by atoms with E-state index in [1.54, 1.807) is 6.07 Å². The van der Waals surface area contributed by atoms with Crippen LogP contribution in [-0.2, 0) is 20.1 Å². The Balaban J connectivity index is 2.00. The van der Waals surface area contributed by atoms with E-state index in [0.29, 0.717) is 18.7 Å². The molecule has 19 heavy (non-hydrogen) atoms. The first-order valence-electron chi connectivity index (χ1n) is 6.00. The Kier molecular flexibility index (Phi) is 3.71. The summed E-state index contributed by atoms with van der Waals surface area (Å²) in [7, 11) is 1.91. The van der Waals surface area contributed by atoms with Crippen molar-refractivity contribution >= 4 is 5.97 Å². The molecule has 0 unspecified atom stereocenters. The summed E-state index contributed by atoms with van der Waals surface area (Å²) in [5.74, 6) is -1.05. The Bertz CT molecular complexity index is 598. The molecule has 0 aliphatic carbocycles. The maximum absolute atomic E-state index is 10.9. The summed E-state index contributed by atoms with van der Waals surface area (Å²) in [6, 6.07) is 1.67. The van der Waals surface area contributed by atoms with Crippen LogP contribution < -0.4 is 5.32 Å². The fourth-order valence-corrected chi connectivity index (χ4v) is 2.06. The highest BCUT2D eigenvalue weighted by atomic mass is 16.4. The molecule has 0 amide bonds. The van der Waals surface area contributed by atoms with Gasteiger partial charge in [-0.3, -0.25) is 4.68 Å². The van der Waals surface area contributed by atoms with Crippen molar-refractivity contribution in [2.24, 2.45) is 7.05 Å². The molecule has 0 spiro atoms. The normalized spacial score (nSPS) is 10.9. The number of hydrogen-bond acceptors (Lipinski definition) is 4. The van der Waals surface area contributed by atoms with Crippen LogP contribution in [0.15, 0.2) is 16.7 Å². The molecule has 0 saturated heterocycles. The van der Waals surface area contributed by atoms with E-state index >= 15 is 0 Å². The molecule has 2 aromatic heterocycles. The third kappa shape index (κ3) is 2.68. The average molecular weight is 263 g/mol. The molecule has 0 bridgehead atoms. The van der Waals surface area contributed by atoms with Gasteiger partial charge < -0.3 is 14.8 Å². The summed E-state index contributed by atoms with van der Waals surface area (Å²) in [5, 5.41) is 16.5. The fraction of sp³-hybridized carbons (Fsp3) is 0.385. The van der Waals surface area contributed by atoms with Crippen molar-refractivity contribution in [3.8, 4) is 0 Å². The van der Waals surface area contributed by atoms with E-state index < -0.39 is 5.97 Å². The highest BCUT2D eigenvalue weighted by Gasteiger charge is 2.14. The molecule has 0 aromatic carbocycles. The van der Waals surface area contributed by atoms with Gasteiger partial charge in [0.05, 0.1) is 12.0 Å². The molecule has 6 heteroatoms. The Morgan fingerprint density at radius 2 is 2.21 bits per heavy atom. The second-order valence-corrected chi connectivity index (χ2v) is 4.46. The zero-order valence-electron chi connectivity index (χ0n) is 11.2. The van der Waals surface area contributed by atoms with Crippen LogP contribution in [0.4, 0.5) is 0 Å². The molecule has 2 N–H and O–H groups in total. The monoisotopic (exact) mass is 263 g/mol. The highest BCUT2D eigenvalue weighted by molar-refractivity contribution is 5.86. The second-order valence-electron chi connectivity index (χ2n) is 4.46. The maximum Gasteiger partial charge on any atom is 0.372 e. The third-order valence-electron chi connectivity index (χ3n) is 3.22. The molecule has 2 aromatic rings. The maximum atomic E-state index is 10.9. The van der Waals surface area contributed by atoms with Crippen molar-refractivity contribution < 1.29 is 14.3 Å². The number of carboxylic acids is 1. The van der Waals surface area contributed by atoms with Gasteiger partial charge in [0.25, 0.3) is 0 Å². The first-order chi connectivity index (χ1) is 9.00. The Labute approximate surface area is 111 Å². The minimum Gasteiger partial charge on any atom is -0.475 e. The molecule has 2 heterocycles. The van der Waals surface area contributed by atoms with Crippen LogP contribution in [0.1, 0.15) is 33.1 Å². The quantitative estimate of drug-likeness (QED) is 0.856. The topological polar surface area (TPSA) is 80.3 Å². The summed E-state index contributed by atoms with van der Waals surface area (Å²) in [6.07, 6.45) is 1.39. The zero-order valence-corrected chi connectivity index (χ0v) is 11.2. The number of carbonyl (C=O) groups is 1. The summed E-state index contributed by atoms with van der Waals surface area (Å²) >= 11 is 0. The van der Waals surface area contributed by atoms with E-state index in [-0.39, 0.29) is 5.76 Å². The van der Waals surface area contributed by atoms with Crippen LogP contribution in [-0.4, -0.2) is 20.9 Å². The van der Waals surface area contributed by atoms with Crippen LogP contribution in [0.5, 0.6) is 0 Å². The minimum absolute atomic E-state index is 0.00729. The van der Waals surface area contributed by atoms with Gasteiger partial charge in [-0.05, 0) is 19.9 Å². The molecule has 2 rings (SSSR count). The van der Waals surface area contributed by atoms with Gasteiger partial charge in [0.2, 0.25) is 5.76 Å². The van der Waals surface area contributed by atoms with Crippen LogP contribution in [0.25, 0.3) is 0 Å². The molecule has 0 aliphatic rings. The fourth-order valence-electron chi connectivity index (χ4n) is 2.06. The van der Waals surface area contributed by atoms with Crippen LogP contribution in [0.3, 0.4) is 0 Å². The lowest BCUT2D eigenvalue weighted by atomic mass is 10.2. The predicted octanol–water partition coefficient (Wildman–Crippen LogP) is 1.62.